The average molecular weight is 237 g/mol. The zero-order chi connectivity index (χ0) is 13.0. The fraction of sp³-hybridized carbons (Fsp3) is 0.333. The van der Waals surface area contributed by atoms with Crippen LogP contribution < -0.4 is 0 Å². The molecule has 0 amide bonds. The van der Waals surface area contributed by atoms with E-state index in [1.807, 2.05) is 6.92 Å². The number of carbonyl (C=O) groups is 2. The molecule has 5 nitrogen and oxygen atoms in total. The van der Waals surface area contributed by atoms with Crippen molar-refractivity contribution in [1.29, 1.82) is 0 Å². The summed E-state index contributed by atoms with van der Waals surface area (Å²) in [6, 6.07) is 0. The van der Waals surface area contributed by atoms with Gasteiger partial charge in [-0.2, -0.15) is 0 Å². The highest BCUT2D eigenvalue weighted by Crippen LogP contribution is 2.20. The number of hydrogen-bond donors (Lipinski definition) is 0. The third-order valence-corrected chi connectivity index (χ3v) is 2.32. The third kappa shape index (κ3) is 2.75. The van der Waals surface area contributed by atoms with Crippen molar-refractivity contribution in [2.24, 2.45) is 0 Å². The van der Waals surface area contributed by atoms with Gasteiger partial charge < -0.3 is 14.4 Å². The van der Waals surface area contributed by atoms with E-state index >= 15 is 0 Å². The van der Waals surface area contributed by atoms with Gasteiger partial charge in [0, 0.05) is 13.2 Å². The van der Waals surface area contributed by atoms with Crippen molar-refractivity contribution in [2.75, 3.05) is 21.3 Å². The maximum absolute atomic E-state index is 11.6. The van der Waals surface area contributed by atoms with Crippen LogP contribution in [-0.2, 0) is 19.1 Å². The Morgan fingerprint density at radius 3 is 2.06 bits per heavy atom. The molecule has 0 aliphatic carbocycles. The minimum atomic E-state index is -0.712. The summed E-state index contributed by atoms with van der Waals surface area (Å²) in [4.78, 5) is 24.8. The number of carbonyl (C=O) groups excluding carboxylic acids is 2. The van der Waals surface area contributed by atoms with Crippen molar-refractivity contribution in [3.63, 3.8) is 0 Å². The van der Waals surface area contributed by atoms with Gasteiger partial charge in [-0.1, -0.05) is 6.08 Å². The molecule has 92 valence electrons. The fourth-order valence-electron chi connectivity index (χ4n) is 1.50. The van der Waals surface area contributed by atoms with Gasteiger partial charge in [0.25, 0.3) is 0 Å². The van der Waals surface area contributed by atoms with Crippen LogP contribution in [-0.4, -0.2) is 38.1 Å². The number of esters is 2. The smallest absolute Gasteiger partial charge is 0.347 e. The summed E-state index contributed by atoms with van der Waals surface area (Å²) in [5.74, 6) is -1.42. The Labute approximate surface area is 100.0 Å². The lowest BCUT2D eigenvalue weighted by molar-refractivity contribution is -0.144. The number of hydrogen-bond acceptors (Lipinski definition) is 5. The topological polar surface area (TPSA) is 55.8 Å². The molecule has 1 heterocycles. The normalized spacial score (nSPS) is 14.2. The van der Waals surface area contributed by atoms with E-state index in [1.165, 1.54) is 14.2 Å². The summed E-state index contributed by atoms with van der Waals surface area (Å²) in [7, 11) is 4.19. The van der Waals surface area contributed by atoms with Crippen LogP contribution >= 0.6 is 0 Å². The Kier molecular flexibility index (Phi) is 4.09. The first-order valence-corrected chi connectivity index (χ1v) is 5.01. The second-order valence-corrected chi connectivity index (χ2v) is 3.56. The Morgan fingerprint density at radius 2 is 1.65 bits per heavy atom. The molecule has 0 aromatic rings. The maximum atomic E-state index is 11.6. The predicted octanol–water partition coefficient (Wildman–Crippen LogP) is 0.992. The molecule has 0 aromatic heterocycles. The number of likely N-dealkylation sites (N-methyl/N-ethyl adjacent to an activating group) is 1. The lowest BCUT2D eigenvalue weighted by atomic mass is 10.1. The third-order valence-electron chi connectivity index (χ3n) is 2.32. The molecule has 0 bridgehead atoms. The quantitative estimate of drug-likeness (QED) is 0.310. The second kappa shape index (κ2) is 5.34. The lowest BCUT2D eigenvalue weighted by Crippen LogP contribution is -2.24. The first kappa shape index (κ1) is 13.0. The molecular weight excluding hydrogens is 222 g/mol. The minimum absolute atomic E-state index is 0.113. The monoisotopic (exact) mass is 237 g/mol. The molecule has 0 N–H and O–H groups in total. The van der Waals surface area contributed by atoms with E-state index in [2.05, 4.69) is 9.47 Å². The van der Waals surface area contributed by atoms with E-state index < -0.39 is 11.9 Å². The van der Waals surface area contributed by atoms with Crippen molar-refractivity contribution >= 4 is 11.9 Å². The van der Waals surface area contributed by atoms with Crippen LogP contribution in [0.2, 0.25) is 0 Å². The predicted molar refractivity (Wildman–Crippen MR) is 61.7 cm³/mol. The van der Waals surface area contributed by atoms with Crippen LogP contribution in [0.25, 0.3) is 0 Å². The highest BCUT2D eigenvalue weighted by molar-refractivity contribution is 6.15. The second-order valence-electron chi connectivity index (χ2n) is 3.56. The van der Waals surface area contributed by atoms with Crippen molar-refractivity contribution < 1.29 is 19.1 Å². The van der Waals surface area contributed by atoms with Gasteiger partial charge in [0.2, 0.25) is 0 Å². The van der Waals surface area contributed by atoms with E-state index in [-0.39, 0.29) is 5.57 Å². The standard InChI is InChI=1S/C12H15NO4/c1-8-5-6-9(13(2)7-8)10(11(14)16-3)12(15)17-4/h5-7H,1-4H3. The van der Waals surface area contributed by atoms with Gasteiger partial charge >= 0.3 is 11.9 Å². The molecule has 17 heavy (non-hydrogen) atoms. The minimum Gasteiger partial charge on any atom is -0.465 e. The highest BCUT2D eigenvalue weighted by atomic mass is 16.5. The fourth-order valence-corrected chi connectivity index (χ4v) is 1.50. The Bertz CT molecular complexity index is 414. The molecule has 0 spiro atoms. The first-order chi connectivity index (χ1) is 8.01. The molecular formula is C12H15NO4. The van der Waals surface area contributed by atoms with E-state index in [9.17, 15) is 9.59 Å². The summed E-state index contributed by atoms with van der Waals surface area (Å²) in [6.45, 7) is 1.92. The zero-order valence-corrected chi connectivity index (χ0v) is 10.3. The molecule has 5 heteroatoms. The lowest BCUT2D eigenvalue weighted by Gasteiger charge is -2.22. The largest absolute Gasteiger partial charge is 0.465 e. The van der Waals surface area contributed by atoms with Gasteiger partial charge in [0.05, 0.1) is 19.9 Å². The van der Waals surface area contributed by atoms with Crippen molar-refractivity contribution in [3.05, 3.63) is 35.2 Å². The van der Waals surface area contributed by atoms with E-state index in [0.29, 0.717) is 5.70 Å². The van der Waals surface area contributed by atoms with Crippen LogP contribution in [0, 0.1) is 0 Å². The van der Waals surface area contributed by atoms with E-state index in [4.69, 9.17) is 0 Å². The number of allylic oxidation sites excluding steroid dienone is 3. The van der Waals surface area contributed by atoms with Crippen molar-refractivity contribution in [2.45, 2.75) is 6.92 Å². The van der Waals surface area contributed by atoms with Crippen LogP contribution in [0.1, 0.15) is 6.92 Å². The molecule has 0 saturated carbocycles. The first-order valence-electron chi connectivity index (χ1n) is 5.01. The van der Waals surface area contributed by atoms with Gasteiger partial charge in [-0.15, -0.1) is 0 Å². The van der Waals surface area contributed by atoms with Crippen molar-refractivity contribution in [3.8, 4) is 0 Å². The Morgan fingerprint density at radius 1 is 1.12 bits per heavy atom. The van der Waals surface area contributed by atoms with Crippen LogP contribution in [0.3, 0.4) is 0 Å². The summed E-state index contributed by atoms with van der Waals surface area (Å²) in [5, 5.41) is 0. The maximum Gasteiger partial charge on any atom is 0.347 e. The van der Waals surface area contributed by atoms with Gasteiger partial charge in [0.15, 0.2) is 5.57 Å². The number of nitrogens with zero attached hydrogens (tertiary/aromatic N) is 1. The van der Waals surface area contributed by atoms with E-state index in [1.54, 1.807) is 30.3 Å². The number of methoxy groups -OCH3 is 2. The highest BCUT2D eigenvalue weighted by Gasteiger charge is 2.26. The Hall–Kier alpha value is -2.04. The average Bonchev–Trinajstić information content (AvgIpc) is 2.31. The number of ether oxygens (including phenoxy) is 2. The van der Waals surface area contributed by atoms with Crippen LogP contribution in [0.4, 0.5) is 0 Å². The van der Waals surface area contributed by atoms with E-state index in [0.717, 1.165) is 5.57 Å². The summed E-state index contributed by atoms with van der Waals surface area (Å²) in [5.41, 5.74) is 1.36. The molecule has 0 saturated heterocycles. The molecule has 0 radical (unpaired) electrons. The molecule has 1 aliphatic heterocycles. The van der Waals surface area contributed by atoms with Gasteiger partial charge in [-0.05, 0) is 18.6 Å². The zero-order valence-electron chi connectivity index (χ0n) is 10.3. The summed E-state index contributed by atoms with van der Waals surface area (Å²) >= 11 is 0. The number of rotatable bonds is 2. The summed E-state index contributed by atoms with van der Waals surface area (Å²) < 4.78 is 9.17. The van der Waals surface area contributed by atoms with Crippen LogP contribution in [0.15, 0.2) is 35.2 Å². The summed E-state index contributed by atoms with van der Waals surface area (Å²) in [6.07, 6.45) is 5.29. The molecule has 0 aromatic carbocycles. The SMILES string of the molecule is COC(=O)C(C(=O)OC)=C1C=CC(C)=CN1C. The van der Waals surface area contributed by atoms with Gasteiger partial charge in [-0.3, -0.25) is 0 Å². The van der Waals surface area contributed by atoms with Crippen LogP contribution in [0.5, 0.6) is 0 Å². The van der Waals surface area contributed by atoms with Crippen molar-refractivity contribution in [1.82, 2.24) is 4.90 Å². The van der Waals surface area contributed by atoms with Gasteiger partial charge in [0.1, 0.15) is 0 Å². The molecule has 1 rings (SSSR count). The molecule has 0 atom stereocenters. The van der Waals surface area contributed by atoms with Gasteiger partial charge in [-0.25, -0.2) is 9.59 Å². The molecule has 0 unspecified atom stereocenters. The molecule has 0 fully saturated rings. The molecule has 1 aliphatic rings. The Balaban J connectivity index is 3.26.